The molecule has 2 aromatic carbocycles. The maximum Gasteiger partial charge on any atom is 0.631 e. The summed E-state index contributed by atoms with van der Waals surface area (Å²) in [6.45, 7) is 4.90. The van der Waals surface area contributed by atoms with Gasteiger partial charge in [-0.05, 0) is 55.7 Å². The van der Waals surface area contributed by atoms with Crippen molar-refractivity contribution in [3.05, 3.63) is 69.7 Å². The minimum absolute atomic E-state index is 0.144. The van der Waals surface area contributed by atoms with Gasteiger partial charge >= 0.3 is 7.32 Å². The first-order chi connectivity index (χ1) is 14.8. The molecule has 0 radical (unpaired) electrons. The number of hydrogen-bond donors (Lipinski definition) is 6. The van der Waals surface area contributed by atoms with Crippen molar-refractivity contribution in [1.82, 2.24) is 4.90 Å². The van der Waals surface area contributed by atoms with Crippen LogP contribution in [0.15, 0.2) is 42.5 Å². The van der Waals surface area contributed by atoms with E-state index in [1.807, 2.05) is 12.1 Å². The molecule has 3 rings (SSSR count). The Morgan fingerprint density at radius 2 is 1.72 bits per heavy atom. The minimum Gasteiger partial charge on any atom is -0.402 e. The Morgan fingerprint density at radius 3 is 2.25 bits per heavy atom. The summed E-state index contributed by atoms with van der Waals surface area (Å²) in [4.78, 5) is 14.5. The van der Waals surface area contributed by atoms with Crippen molar-refractivity contribution in [2.75, 3.05) is 6.61 Å². The van der Waals surface area contributed by atoms with Crippen LogP contribution in [0, 0.1) is 0 Å². The highest BCUT2D eigenvalue weighted by Crippen LogP contribution is 2.34. The third-order valence-corrected chi connectivity index (χ3v) is 5.89. The predicted octanol–water partition coefficient (Wildman–Crippen LogP) is 1.04. The van der Waals surface area contributed by atoms with E-state index < -0.39 is 24.6 Å². The average molecular weight is 466 g/mol. The number of rotatable bonds is 6. The van der Waals surface area contributed by atoms with Crippen molar-refractivity contribution in [1.29, 1.82) is 0 Å². The molecule has 0 saturated heterocycles. The Bertz CT molecular complexity index is 943. The van der Waals surface area contributed by atoms with Gasteiger partial charge in [0.15, 0.2) is 0 Å². The Morgan fingerprint density at radius 1 is 1.09 bits per heavy atom. The molecule has 0 spiro atoms. The number of hydrogen-bond acceptors (Lipinski definition) is 7. The summed E-state index contributed by atoms with van der Waals surface area (Å²) in [6.07, 6.45) is 0.260. The van der Waals surface area contributed by atoms with E-state index >= 15 is 0 Å². The van der Waals surface area contributed by atoms with E-state index in [1.54, 1.807) is 56.0 Å². The highest BCUT2D eigenvalue weighted by atomic mass is 35.5. The van der Waals surface area contributed by atoms with Crippen LogP contribution in [0.2, 0.25) is 5.02 Å². The second-order valence-electron chi connectivity index (χ2n) is 8.53. The van der Waals surface area contributed by atoms with Crippen LogP contribution >= 0.6 is 11.6 Å². The highest BCUT2D eigenvalue weighted by Gasteiger charge is 2.38. The zero-order valence-electron chi connectivity index (χ0n) is 18.2. The number of fused-ring (bicyclic) bond motifs is 1. The van der Waals surface area contributed by atoms with E-state index in [-0.39, 0.29) is 18.9 Å². The van der Waals surface area contributed by atoms with Crippen molar-refractivity contribution in [2.24, 2.45) is 0 Å². The van der Waals surface area contributed by atoms with Crippen molar-refractivity contribution in [3.63, 3.8) is 0 Å². The predicted molar refractivity (Wildman–Crippen MR) is 121 cm³/mol. The Labute approximate surface area is 192 Å². The van der Waals surface area contributed by atoms with E-state index in [2.05, 4.69) is 0 Å². The molecule has 0 aromatic heterocycles. The molecule has 174 valence electrons. The molecule has 32 heavy (non-hydrogen) atoms. The van der Waals surface area contributed by atoms with E-state index in [0.29, 0.717) is 17.1 Å². The van der Waals surface area contributed by atoms with Crippen molar-refractivity contribution >= 4 is 24.8 Å². The largest absolute Gasteiger partial charge is 0.631 e. The number of aliphatic hydroxyl groups is 3. The first kappa shape index (κ1) is 26.3. The molecule has 2 aromatic rings. The number of aliphatic hydroxyl groups excluding tert-OH is 1. The summed E-state index contributed by atoms with van der Waals surface area (Å²) < 4.78 is 0. The lowest BCUT2D eigenvalue weighted by molar-refractivity contribution is -0.118. The minimum atomic E-state index is -2.17. The fourth-order valence-corrected chi connectivity index (χ4v) is 3.67. The monoisotopic (exact) mass is 465 g/mol. The van der Waals surface area contributed by atoms with Gasteiger partial charge in [-0.15, -0.1) is 0 Å². The van der Waals surface area contributed by atoms with Gasteiger partial charge < -0.3 is 35.3 Å². The lowest BCUT2D eigenvalue weighted by Gasteiger charge is -2.35. The molecule has 6 N–H and O–H groups in total. The van der Waals surface area contributed by atoms with Crippen molar-refractivity contribution < 1.29 is 35.2 Å². The molecule has 0 saturated carbocycles. The van der Waals surface area contributed by atoms with Gasteiger partial charge in [-0.1, -0.05) is 35.9 Å². The van der Waals surface area contributed by atoms with Gasteiger partial charge in [0.25, 0.3) is 5.91 Å². The zero-order chi connectivity index (χ0) is 24.3. The first-order valence-electron chi connectivity index (χ1n) is 10.0. The third-order valence-electron chi connectivity index (χ3n) is 5.65. The molecule has 10 heteroatoms. The topological polar surface area (TPSA) is 142 Å². The van der Waals surface area contributed by atoms with Crippen LogP contribution in [0.3, 0.4) is 0 Å². The van der Waals surface area contributed by atoms with Crippen LogP contribution in [0.1, 0.15) is 53.9 Å². The lowest BCUT2D eigenvalue weighted by atomic mass is 9.82. The lowest BCUT2D eigenvalue weighted by Crippen LogP contribution is -2.49. The second-order valence-corrected chi connectivity index (χ2v) is 8.97. The number of carbonyl (C=O) groups is 1. The van der Waals surface area contributed by atoms with Crippen LogP contribution in [-0.2, 0) is 13.0 Å². The van der Waals surface area contributed by atoms with Gasteiger partial charge in [0, 0.05) is 23.6 Å². The van der Waals surface area contributed by atoms with Crippen LogP contribution in [-0.4, -0.2) is 66.3 Å². The molecule has 8 nitrogen and oxygen atoms in total. The smallest absolute Gasteiger partial charge is 0.402 e. The Hall–Kier alpha value is -1.98. The number of halogens is 1. The summed E-state index contributed by atoms with van der Waals surface area (Å²) in [7, 11) is -2.17. The molecule has 1 amide bonds. The van der Waals surface area contributed by atoms with Crippen LogP contribution in [0.25, 0.3) is 0 Å². The van der Waals surface area contributed by atoms with Crippen LogP contribution in [0.4, 0.5) is 0 Å². The van der Waals surface area contributed by atoms with E-state index in [1.165, 1.54) is 0 Å². The molecule has 0 aliphatic carbocycles. The van der Waals surface area contributed by atoms with Gasteiger partial charge in [0.1, 0.15) is 0 Å². The highest BCUT2D eigenvalue weighted by molar-refractivity contribution is 6.30. The molecule has 1 unspecified atom stereocenters. The molecule has 1 aliphatic rings. The number of nitrogens with zero attached hydrogens (tertiary/aromatic N) is 1. The Balaban J connectivity index is 0.000000837. The number of amides is 1. The average Bonchev–Trinajstić information content (AvgIpc) is 2.97. The molecular weight excluding hydrogens is 437 g/mol. The fourth-order valence-electron chi connectivity index (χ4n) is 3.47. The third kappa shape index (κ3) is 6.29. The normalized spacial score (nSPS) is 16.1. The molecular formula is C22H29BClNO7. The number of benzene rings is 2. The Kier molecular flexibility index (Phi) is 8.47. The zero-order valence-corrected chi connectivity index (χ0v) is 19.0. The van der Waals surface area contributed by atoms with Crippen LogP contribution in [0.5, 0.6) is 0 Å². The summed E-state index contributed by atoms with van der Waals surface area (Å²) in [5.41, 5.74) is 0.479. The van der Waals surface area contributed by atoms with Crippen molar-refractivity contribution in [3.8, 4) is 0 Å². The van der Waals surface area contributed by atoms with Gasteiger partial charge in [0.2, 0.25) is 0 Å². The van der Waals surface area contributed by atoms with Gasteiger partial charge in [0.05, 0.1) is 23.9 Å². The quantitative estimate of drug-likeness (QED) is 0.350. The van der Waals surface area contributed by atoms with Gasteiger partial charge in [-0.3, -0.25) is 4.79 Å². The van der Waals surface area contributed by atoms with E-state index in [4.69, 9.17) is 26.7 Å². The summed E-state index contributed by atoms with van der Waals surface area (Å²) >= 11 is 6.07. The first-order valence-corrected chi connectivity index (χ1v) is 10.4. The van der Waals surface area contributed by atoms with Crippen molar-refractivity contribution in [2.45, 2.75) is 51.0 Å². The standard InChI is InChI=1S/C22H26ClNO4.BH3O3/c1-21(2,27)22(3,28)11-14-7-8-18-16(9-14)12-24(20(18)26)19(13-25)15-5-4-6-17(23)10-15;2-1(3)4/h4-10,19,25,27-28H,11-13H2,1-3H3;2-4H/t19?,22-;/m0./s1. The summed E-state index contributed by atoms with van der Waals surface area (Å²) in [6, 6.07) is 12.1. The fraction of sp³-hybridized carbons (Fsp3) is 0.409. The summed E-state index contributed by atoms with van der Waals surface area (Å²) in [5.74, 6) is -0.144. The van der Waals surface area contributed by atoms with E-state index in [0.717, 1.165) is 16.7 Å². The summed E-state index contributed by atoms with van der Waals surface area (Å²) in [5, 5.41) is 52.8. The second kappa shape index (κ2) is 10.3. The number of carbonyl (C=O) groups excluding carboxylic acids is 1. The molecule has 1 aliphatic heterocycles. The molecule has 0 fully saturated rings. The molecule has 2 atom stereocenters. The SMILES string of the molecule is CC(C)(O)[C@@](C)(O)Cc1ccc2c(c1)CN(C(CO)c1cccc(Cl)c1)C2=O.OB(O)O. The molecule has 1 heterocycles. The van der Waals surface area contributed by atoms with Crippen LogP contribution < -0.4 is 0 Å². The maximum absolute atomic E-state index is 12.9. The van der Waals surface area contributed by atoms with E-state index in [9.17, 15) is 20.1 Å². The maximum atomic E-state index is 12.9. The van der Waals surface area contributed by atoms with Gasteiger partial charge in [-0.2, -0.15) is 0 Å². The van der Waals surface area contributed by atoms with Gasteiger partial charge in [-0.25, -0.2) is 0 Å². The molecule has 0 bridgehead atoms.